The number of nitrogens with one attached hydrogen (secondary N) is 1. The molecule has 1 fully saturated rings. The molecule has 1 N–H and O–H groups in total. The highest BCUT2D eigenvalue weighted by molar-refractivity contribution is 6.31. The van der Waals surface area contributed by atoms with Crippen LogP contribution in [0.5, 0.6) is 0 Å². The van der Waals surface area contributed by atoms with Gasteiger partial charge in [-0.15, -0.1) is 0 Å². The number of amides is 3. The summed E-state index contributed by atoms with van der Waals surface area (Å²) in [7, 11) is 0. The molecule has 0 aliphatic carbocycles. The van der Waals surface area contributed by atoms with Crippen LogP contribution in [0.3, 0.4) is 0 Å². The van der Waals surface area contributed by atoms with E-state index in [9.17, 15) is 18.8 Å². The molecule has 2 aromatic carbocycles. The zero-order valence-corrected chi connectivity index (χ0v) is 15.9. The number of anilines is 2. The number of carbonyl (C=O) groups excluding carboxylic acids is 3. The van der Waals surface area contributed by atoms with Crippen molar-refractivity contribution in [1.82, 2.24) is 5.01 Å². The number of carbonyl (C=O) groups is 3. The van der Waals surface area contributed by atoms with Crippen LogP contribution in [0, 0.1) is 12.7 Å². The minimum absolute atomic E-state index is 0.241. The topological polar surface area (TPSA) is 94.4 Å². The Balaban J connectivity index is 1.49. The van der Waals surface area contributed by atoms with Crippen molar-refractivity contribution in [2.24, 2.45) is 10.3 Å². The molecular formula is C19H15ClFN5O3. The van der Waals surface area contributed by atoms with Crippen LogP contribution in [0.15, 0.2) is 52.8 Å². The molecule has 0 radical (unpaired) electrons. The maximum Gasteiger partial charge on any atom is 0.263 e. The number of halogens is 2. The number of hydrogen-bond donors (Lipinski definition) is 1. The van der Waals surface area contributed by atoms with E-state index >= 15 is 0 Å². The van der Waals surface area contributed by atoms with E-state index in [1.165, 1.54) is 17.1 Å². The first-order chi connectivity index (χ1) is 13.8. The third-order valence-corrected chi connectivity index (χ3v) is 4.96. The Morgan fingerprint density at radius 2 is 1.90 bits per heavy atom. The number of hydrogen-bond acceptors (Lipinski definition) is 6. The van der Waals surface area contributed by atoms with E-state index in [0.29, 0.717) is 10.7 Å². The van der Waals surface area contributed by atoms with Gasteiger partial charge in [-0.25, -0.2) is 9.29 Å². The van der Waals surface area contributed by atoms with Gasteiger partial charge in [-0.05, 0) is 48.9 Å². The number of fused-ring (bicyclic) bond motifs is 1. The van der Waals surface area contributed by atoms with Gasteiger partial charge in [0.25, 0.3) is 11.8 Å². The van der Waals surface area contributed by atoms with Gasteiger partial charge in [0.1, 0.15) is 12.4 Å². The predicted octanol–water partition coefficient (Wildman–Crippen LogP) is 2.72. The smallest absolute Gasteiger partial charge is 0.263 e. The number of benzene rings is 2. The van der Waals surface area contributed by atoms with Gasteiger partial charge in [0.05, 0.1) is 5.69 Å². The highest BCUT2D eigenvalue weighted by atomic mass is 35.5. The second-order valence-electron chi connectivity index (χ2n) is 6.69. The lowest BCUT2D eigenvalue weighted by Gasteiger charge is -2.20. The first-order valence-corrected chi connectivity index (χ1v) is 9.10. The summed E-state index contributed by atoms with van der Waals surface area (Å²) in [5, 5.41) is 12.1. The number of nitrogens with zero attached hydrogens (tertiary/aromatic N) is 4. The number of aryl methyl sites for hydroxylation is 1. The highest BCUT2D eigenvalue weighted by Gasteiger charge is 2.55. The number of imide groups is 1. The lowest BCUT2D eigenvalue weighted by molar-refractivity contribution is -0.123. The van der Waals surface area contributed by atoms with Gasteiger partial charge < -0.3 is 5.32 Å². The Labute approximate surface area is 169 Å². The molecule has 2 aliphatic heterocycles. The Morgan fingerprint density at radius 3 is 2.62 bits per heavy atom. The molecule has 1 saturated heterocycles. The summed E-state index contributed by atoms with van der Waals surface area (Å²) in [5.74, 6) is -2.05. The molecule has 2 atom stereocenters. The summed E-state index contributed by atoms with van der Waals surface area (Å²) in [6, 6.07) is 8.02. The summed E-state index contributed by atoms with van der Waals surface area (Å²) < 4.78 is 13.2. The largest absolute Gasteiger partial charge is 0.324 e. The standard InChI is InChI=1S/C19H15ClFN5O3/c1-10-2-3-11(20)8-14(10)22-15(27)9-25-17-16(23-24-25)18(28)26(19(17)29)13-6-4-12(21)5-7-13/h2-8,16-17H,9H2,1H3,(H,22,27)/t16-,17-/m1/s1. The summed E-state index contributed by atoms with van der Waals surface area (Å²) in [5.41, 5.74) is 1.60. The molecule has 2 aliphatic rings. The molecule has 0 aromatic heterocycles. The number of rotatable bonds is 4. The van der Waals surface area contributed by atoms with Gasteiger partial charge in [0.2, 0.25) is 5.91 Å². The fraction of sp³-hybridized carbons (Fsp3) is 0.211. The Hall–Kier alpha value is -3.33. The van der Waals surface area contributed by atoms with Gasteiger partial charge in [0, 0.05) is 10.7 Å². The monoisotopic (exact) mass is 415 g/mol. The van der Waals surface area contributed by atoms with E-state index in [1.54, 1.807) is 18.2 Å². The first-order valence-electron chi connectivity index (χ1n) is 8.72. The van der Waals surface area contributed by atoms with Gasteiger partial charge in [-0.3, -0.25) is 19.4 Å². The van der Waals surface area contributed by atoms with Crippen LogP contribution in [0.25, 0.3) is 0 Å². The predicted molar refractivity (Wildman–Crippen MR) is 103 cm³/mol. The Kier molecular flexibility index (Phi) is 4.75. The minimum Gasteiger partial charge on any atom is -0.324 e. The molecule has 29 heavy (non-hydrogen) atoms. The van der Waals surface area contributed by atoms with Crippen molar-refractivity contribution in [2.75, 3.05) is 16.8 Å². The summed E-state index contributed by atoms with van der Waals surface area (Å²) in [4.78, 5) is 38.8. The average molecular weight is 416 g/mol. The van der Waals surface area contributed by atoms with Crippen molar-refractivity contribution in [3.63, 3.8) is 0 Å². The molecule has 0 saturated carbocycles. The molecular weight excluding hydrogens is 401 g/mol. The molecule has 3 amide bonds. The quantitative estimate of drug-likeness (QED) is 0.777. The lowest BCUT2D eigenvalue weighted by atomic mass is 10.1. The average Bonchev–Trinajstić information content (AvgIpc) is 3.19. The van der Waals surface area contributed by atoms with Crippen molar-refractivity contribution in [3.8, 4) is 0 Å². The van der Waals surface area contributed by atoms with Crippen molar-refractivity contribution in [3.05, 3.63) is 58.9 Å². The molecule has 8 nitrogen and oxygen atoms in total. The molecule has 10 heteroatoms. The zero-order chi connectivity index (χ0) is 20.7. The maximum absolute atomic E-state index is 13.2. The second-order valence-corrected chi connectivity index (χ2v) is 7.12. The van der Waals surface area contributed by atoms with E-state index in [-0.39, 0.29) is 12.2 Å². The van der Waals surface area contributed by atoms with Gasteiger partial charge in [0.15, 0.2) is 12.1 Å². The second kappa shape index (κ2) is 7.25. The van der Waals surface area contributed by atoms with E-state index < -0.39 is 35.6 Å². The van der Waals surface area contributed by atoms with Crippen LogP contribution in [0.1, 0.15) is 5.56 Å². The maximum atomic E-state index is 13.2. The SMILES string of the molecule is Cc1ccc(Cl)cc1NC(=O)CN1N=N[C@H]2C(=O)N(c3ccc(F)cc3)C(=O)[C@@H]21. The van der Waals surface area contributed by atoms with Crippen LogP contribution in [-0.2, 0) is 14.4 Å². The van der Waals surface area contributed by atoms with Crippen molar-refractivity contribution in [2.45, 2.75) is 19.0 Å². The van der Waals surface area contributed by atoms with Crippen LogP contribution < -0.4 is 10.2 Å². The van der Waals surface area contributed by atoms with Crippen LogP contribution in [-0.4, -0.2) is 41.4 Å². The van der Waals surface area contributed by atoms with E-state index in [2.05, 4.69) is 15.7 Å². The lowest BCUT2D eigenvalue weighted by Crippen LogP contribution is -2.43. The van der Waals surface area contributed by atoms with E-state index in [4.69, 9.17) is 11.6 Å². The normalized spacial score (nSPS) is 20.4. The van der Waals surface area contributed by atoms with Gasteiger partial charge >= 0.3 is 0 Å². The van der Waals surface area contributed by atoms with Crippen LogP contribution in [0.4, 0.5) is 15.8 Å². The van der Waals surface area contributed by atoms with Crippen LogP contribution >= 0.6 is 11.6 Å². The molecule has 148 valence electrons. The molecule has 0 unspecified atom stereocenters. The minimum atomic E-state index is -1.03. The molecule has 4 rings (SSSR count). The van der Waals surface area contributed by atoms with Gasteiger partial charge in [-0.1, -0.05) is 22.9 Å². The van der Waals surface area contributed by atoms with E-state index in [0.717, 1.165) is 22.6 Å². The summed E-state index contributed by atoms with van der Waals surface area (Å²) >= 11 is 5.96. The zero-order valence-electron chi connectivity index (χ0n) is 15.2. The summed E-state index contributed by atoms with van der Waals surface area (Å²) in [6.45, 7) is 1.55. The fourth-order valence-corrected chi connectivity index (χ4v) is 3.44. The highest BCUT2D eigenvalue weighted by Crippen LogP contribution is 2.32. The molecule has 0 spiro atoms. The van der Waals surface area contributed by atoms with Crippen molar-refractivity contribution >= 4 is 40.7 Å². The summed E-state index contributed by atoms with van der Waals surface area (Å²) in [6.07, 6.45) is 0. The van der Waals surface area contributed by atoms with Crippen molar-refractivity contribution in [1.29, 1.82) is 0 Å². The fourth-order valence-electron chi connectivity index (χ4n) is 3.26. The van der Waals surface area contributed by atoms with Crippen molar-refractivity contribution < 1.29 is 18.8 Å². The molecule has 0 bridgehead atoms. The molecule has 2 aromatic rings. The van der Waals surface area contributed by atoms with Gasteiger partial charge in [-0.2, -0.15) is 5.11 Å². The Morgan fingerprint density at radius 1 is 1.17 bits per heavy atom. The third kappa shape index (κ3) is 3.44. The third-order valence-electron chi connectivity index (χ3n) is 4.72. The first kappa shape index (κ1) is 19.0. The van der Waals surface area contributed by atoms with Crippen LogP contribution in [0.2, 0.25) is 5.02 Å². The molecule has 2 heterocycles. The Bertz CT molecular complexity index is 1040. The van der Waals surface area contributed by atoms with E-state index in [1.807, 2.05) is 6.92 Å².